The van der Waals surface area contributed by atoms with Gasteiger partial charge in [-0.15, -0.1) is 0 Å². The Morgan fingerprint density at radius 2 is 1.38 bits per heavy atom. The van der Waals surface area contributed by atoms with Gasteiger partial charge in [0.2, 0.25) is 0 Å². The first-order valence-electron chi connectivity index (χ1n) is 10.5. The molecule has 1 aliphatic carbocycles. The van der Waals surface area contributed by atoms with E-state index in [4.69, 9.17) is 9.47 Å². The predicted molar refractivity (Wildman–Crippen MR) is 109 cm³/mol. The molecule has 0 heterocycles. The van der Waals surface area contributed by atoms with Crippen LogP contribution in [0.15, 0.2) is 0 Å². The van der Waals surface area contributed by atoms with Crippen molar-refractivity contribution in [2.24, 2.45) is 17.3 Å². The second-order valence-electron chi connectivity index (χ2n) is 8.21. The van der Waals surface area contributed by atoms with Crippen molar-refractivity contribution in [3.8, 4) is 0 Å². The average Bonchev–Trinajstić information content (AvgIpc) is 3.07. The first kappa shape index (κ1) is 23.2. The molecule has 0 bridgehead atoms. The van der Waals surface area contributed by atoms with E-state index in [1.165, 1.54) is 51.2 Å². The highest BCUT2D eigenvalue weighted by atomic mass is 28.3. The molecule has 0 aromatic carbocycles. The molecule has 0 amide bonds. The number of carbonyl (C=O) groups excluding carboxylic acids is 2. The van der Waals surface area contributed by atoms with Gasteiger partial charge in [0.05, 0.1) is 22.3 Å². The van der Waals surface area contributed by atoms with Crippen LogP contribution in [0.1, 0.15) is 66.2 Å². The summed E-state index contributed by atoms with van der Waals surface area (Å²) in [6.07, 6.45) is 5.76. The van der Waals surface area contributed by atoms with E-state index in [2.05, 4.69) is 27.7 Å². The molecule has 2 atom stereocenters. The number of methoxy groups -OCH3 is 2. The number of unbranched alkanes of at least 4 members (excludes halogenated alkanes) is 1. The van der Waals surface area contributed by atoms with Crippen LogP contribution in [-0.2, 0) is 19.1 Å². The van der Waals surface area contributed by atoms with Gasteiger partial charge in [-0.3, -0.25) is 9.59 Å². The molecule has 0 unspecified atom stereocenters. The molecule has 152 valence electrons. The molecule has 1 saturated carbocycles. The molecule has 1 fully saturated rings. The molecule has 0 spiro atoms. The van der Waals surface area contributed by atoms with Crippen LogP contribution >= 0.6 is 0 Å². The Hall–Kier alpha value is -0.843. The van der Waals surface area contributed by atoms with Crippen LogP contribution in [0.25, 0.3) is 0 Å². The second-order valence-corrected chi connectivity index (χ2v) is 13.8. The number of rotatable bonds is 11. The lowest BCUT2D eigenvalue weighted by Gasteiger charge is -2.28. The molecule has 0 aromatic rings. The zero-order chi connectivity index (χ0) is 19.8. The van der Waals surface area contributed by atoms with Gasteiger partial charge in [0, 0.05) is 0 Å². The van der Waals surface area contributed by atoms with Crippen molar-refractivity contribution < 1.29 is 19.1 Å². The van der Waals surface area contributed by atoms with Gasteiger partial charge in [0.1, 0.15) is 0 Å². The third-order valence-electron chi connectivity index (χ3n) is 7.35. The van der Waals surface area contributed by atoms with Crippen LogP contribution in [0.3, 0.4) is 0 Å². The number of hydrogen-bond donors (Lipinski definition) is 0. The highest BCUT2D eigenvalue weighted by Gasteiger charge is 2.56. The molecular formula is C21H40O4Si. The van der Waals surface area contributed by atoms with Gasteiger partial charge in [0.25, 0.3) is 0 Å². The van der Waals surface area contributed by atoms with Crippen molar-refractivity contribution in [1.29, 1.82) is 0 Å². The van der Waals surface area contributed by atoms with E-state index in [9.17, 15) is 9.59 Å². The second kappa shape index (κ2) is 10.5. The maximum Gasteiger partial charge on any atom is 0.323 e. The van der Waals surface area contributed by atoms with Crippen LogP contribution in [0.4, 0.5) is 0 Å². The Bertz CT molecular complexity index is 435. The Morgan fingerprint density at radius 1 is 0.885 bits per heavy atom. The quantitative estimate of drug-likeness (QED) is 0.206. The van der Waals surface area contributed by atoms with E-state index in [1.807, 2.05) is 0 Å². The number of hydrogen-bond acceptors (Lipinski definition) is 4. The lowest BCUT2D eigenvalue weighted by molar-refractivity contribution is -0.169. The van der Waals surface area contributed by atoms with Crippen LogP contribution < -0.4 is 0 Å². The third-order valence-corrected chi connectivity index (χ3v) is 13.3. The average molecular weight is 385 g/mol. The minimum absolute atomic E-state index is 0.402. The van der Waals surface area contributed by atoms with E-state index in [0.29, 0.717) is 24.7 Å². The third kappa shape index (κ3) is 4.90. The van der Waals surface area contributed by atoms with Crippen molar-refractivity contribution in [2.45, 2.75) is 90.4 Å². The standard InChI is InChI=1S/C21H40O4Si/c1-7-17-15-21(19(22)24-5,20(23)25-6)16-18(17)13-11-12-14-26(8-2,9-3)10-4/h17-18H,7-16H2,1-6H3/t17-,18-/m0/s1. The molecule has 0 aromatic heterocycles. The molecule has 0 aliphatic heterocycles. The summed E-state index contributed by atoms with van der Waals surface area (Å²) in [5, 5.41) is 0. The predicted octanol–water partition coefficient (Wildman–Crippen LogP) is 5.43. The van der Waals surface area contributed by atoms with Crippen LogP contribution in [0.5, 0.6) is 0 Å². The molecular weight excluding hydrogens is 344 g/mol. The smallest absolute Gasteiger partial charge is 0.323 e. The molecule has 26 heavy (non-hydrogen) atoms. The zero-order valence-electron chi connectivity index (χ0n) is 17.9. The van der Waals surface area contributed by atoms with E-state index < -0.39 is 25.4 Å². The summed E-state index contributed by atoms with van der Waals surface area (Å²) in [6, 6.07) is 5.57. The fourth-order valence-corrected chi connectivity index (χ4v) is 8.68. The summed E-state index contributed by atoms with van der Waals surface area (Å²) >= 11 is 0. The van der Waals surface area contributed by atoms with E-state index in [-0.39, 0.29) is 0 Å². The van der Waals surface area contributed by atoms with Crippen molar-refractivity contribution in [3.63, 3.8) is 0 Å². The van der Waals surface area contributed by atoms with Crippen LogP contribution in [0, 0.1) is 17.3 Å². The fourth-order valence-electron chi connectivity index (χ4n) is 5.12. The van der Waals surface area contributed by atoms with Gasteiger partial charge < -0.3 is 9.47 Å². The molecule has 0 radical (unpaired) electrons. The van der Waals surface area contributed by atoms with Crippen LogP contribution in [-0.4, -0.2) is 34.2 Å². The summed E-state index contributed by atoms with van der Waals surface area (Å²) < 4.78 is 9.96. The number of ether oxygens (including phenoxy) is 2. The first-order chi connectivity index (χ1) is 12.4. The minimum atomic E-state index is -1.08. The topological polar surface area (TPSA) is 52.6 Å². The lowest BCUT2D eigenvalue weighted by Crippen LogP contribution is -2.39. The van der Waals surface area contributed by atoms with Gasteiger partial charge in [-0.25, -0.2) is 0 Å². The van der Waals surface area contributed by atoms with E-state index >= 15 is 0 Å². The normalized spacial score (nSPS) is 22.2. The maximum absolute atomic E-state index is 12.4. The summed E-state index contributed by atoms with van der Waals surface area (Å²) in [4.78, 5) is 24.8. The summed E-state index contributed by atoms with van der Waals surface area (Å²) in [7, 11) is 1.69. The van der Waals surface area contributed by atoms with Gasteiger partial charge in [-0.05, 0) is 24.7 Å². The van der Waals surface area contributed by atoms with Gasteiger partial charge in [-0.1, -0.05) is 77.6 Å². The van der Waals surface area contributed by atoms with Gasteiger partial charge in [-0.2, -0.15) is 0 Å². The highest BCUT2D eigenvalue weighted by molar-refractivity contribution is 6.79. The Kier molecular flexibility index (Phi) is 9.35. The molecule has 5 heteroatoms. The SMILES string of the molecule is CC[C@H]1CC(C(=O)OC)(C(=O)OC)C[C@@H]1CCCC[Si](CC)(CC)CC. The molecule has 1 aliphatic rings. The summed E-state index contributed by atoms with van der Waals surface area (Å²) in [6.45, 7) is 9.25. The summed E-state index contributed by atoms with van der Waals surface area (Å²) in [5.74, 6) is -0.0165. The Labute approximate surface area is 161 Å². The van der Waals surface area contributed by atoms with E-state index in [0.717, 1.165) is 12.8 Å². The number of carbonyl (C=O) groups is 2. The monoisotopic (exact) mass is 384 g/mol. The lowest BCUT2D eigenvalue weighted by atomic mass is 9.84. The van der Waals surface area contributed by atoms with Crippen LogP contribution in [0.2, 0.25) is 24.2 Å². The largest absolute Gasteiger partial charge is 0.468 e. The fraction of sp³-hybridized carbons (Fsp3) is 0.905. The Morgan fingerprint density at radius 3 is 1.81 bits per heavy atom. The van der Waals surface area contributed by atoms with Crippen molar-refractivity contribution >= 4 is 20.0 Å². The first-order valence-corrected chi connectivity index (χ1v) is 13.4. The Balaban J connectivity index is 2.72. The molecule has 0 N–H and O–H groups in total. The van der Waals surface area contributed by atoms with Gasteiger partial charge >= 0.3 is 11.9 Å². The van der Waals surface area contributed by atoms with Crippen molar-refractivity contribution in [1.82, 2.24) is 0 Å². The van der Waals surface area contributed by atoms with Crippen molar-refractivity contribution in [2.75, 3.05) is 14.2 Å². The van der Waals surface area contributed by atoms with Crippen molar-refractivity contribution in [3.05, 3.63) is 0 Å². The van der Waals surface area contributed by atoms with Gasteiger partial charge in [0.15, 0.2) is 5.41 Å². The number of esters is 2. The molecule has 0 saturated heterocycles. The summed E-state index contributed by atoms with van der Waals surface area (Å²) in [5.41, 5.74) is -1.08. The highest BCUT2D eigenvalue weighted by Crippen LogP contribution is 2.50. The zero-order valence-corrected chi connectivity index (χ0v) is 18.9. The minimum Gasteiger partial charge on any atom is -0.468 e. The maximum atomic E-state index is 12.4. The molecule has 1 rings (SSSR count). The molecule has 4 nitrogen and oxygen atoms in total. The van der Waals surface area contributed by atoms with E-state index in [1.54, 1.807) is 0 Å².